The minimum absolute atomic E-state index is 0.528. The summed E-state index contributed by atoms with van der Waals surface area (Å²) in [6, 6.07) is 0. The van der Waals surface area contributed by atoms with Crippen LogP contribution in [0.5, 0.6) is 0 Å². The van der Waals surface area contributed by atoms with E-state index < -0.39 is 10.8 Å². The molecule has 0 radical (unpaired) electrons. The van der Waals surface area contributed by atoms with Crippen molar-refractivity contribution in [1.82, 2.24) is 4.90 Å². The fourth-order valence-corrected chi connectivity index (χ4v) is 1.55. The molecule has 0 amide bonds. The standard InChI is InChI=1S/C6H16N2OS/c1-8(2)4-6-10(9)5-3-7/h3-7H2,1-2H3. The summed E-state index contributed by atoms with van der Waals surface area (Å²) in [7, 11) is 3.24. The maximum atomic E-state index is 11.0. The summed E-state index contributed by atoms with van der Waals surface area (Å²) in [6.45, 7) is 1.41. The number of nitrogens with two attached hydrogens (primary N) is 1. The maximum absolute atomic E-state index is 11.0. The second kappa shape index (κ2) is 5.82. The van der Waals surface area contributed by atoms with E-state index in [1.54, 1.807) is 0 Å². The first kappa shape index (κ1) is 10.1. The molecular weight excluding hydrogens is 148 g/mol. The van der Waals surface area contributed by atoms with Gasteiger partial charge in [-0.2, -0.15) is 0 Å². The van der Waals surface area contributed by atoms with E-state index in [0.29, 0.717) is 12.3 Å². The molecule has 0 aromatic rings. The highest BCUT2D eigenvalue weighted by atomic mass is 32.2. The van der Waals surface area contributed by atoms with Gasteiger partial charge in [-0.15, -0.1) is 0 Å². The molecule has 0 saturated heterocycles. The highest BCUT2D eigenvalue weighted by Gasteiger charge is 1.97. The Labute approximate surface area is 65.0 Å². The molecule has 62 valence electrons. The Balaban J connectivity index is 3.22. The Bertz CT molecular complexity index is 106. The number of hydrogen-bond donors (Lipinski definition) is 1. The van der Waals surface area contributed by atoms with E-state index in [4.69, 9.17) is 5.73 Å². The second-order valence-corrected chi connectivity index (χ2v) is 4.14. The van der Waals surface area contributed by atoms with E-state index in [-0.39, 0.29) is 0 Å². The Morgan fingerprint density at radius 2 is 2.00 bits per heavy atom. The second-order valence-electron chi connectivity index (χ2n) is 2.44. The average molecular weight is 164 g/mol. The first-order chi connectivity index (χ1) is 4.66. The summed E-state index contributed by atoms with van der Waals surface area (Å²) >= 11 is 0. The molecule has 1 unspecified atom stereocenters. The van der Waals surface area contributed by atoms with Crippen LogP contribution in [0.25, 0.3) is 0 Å². The highest BCUT2D eigenvalue weighted by molar-refractivity contribution is 7.85. The summed E-state index contributed by atoms with van der Waals surface area (Å²) in [4.78, 5) is 2.02. The van der Waals surface area contributed by atoms with E-state index in [2.05, 4.69) is 0 Å². The minimum atomic E-state index is -0.707. The largest absolute Gasteiger partial charge is 0.330 e. The van der Waals surface area contributed by atoms with Crippen molar-refractivity contribution < 1.29 is 4.21 Å². The van der Waals surface area contributed by atoms with Gasteiger partial charge >= 0.3 is 0 Å². The number of rotatable bonds is 5. The van der Waals surface area contributed by atoms with Crippen molar-refractivity contribution in [3.63, 3.8) is 0 Å². The highest BCUT2D eigenvalue weighted by Crippen LogP contribution is 1.82. The lowest BCUT2D eigenvalue weighted by Gasteiger charge is -2.07. The third-order valence-corrected chi connectivity index (χ3v) is 2.44. The van der Waals surface area contributed by atoms with Crippen molar-refractivity contribution in [2.24, 2.45) is 5.73 Å². The third-order valence-electron chi connectivity index (χ3n) is 1.11. The van der Waals surface area contributed by atoms with Crippen LogP contribution in [-0.2, 0) is 10.8 Å². The van der Waals surface area contributed by atoms with Crippen LogP contribution in [0.3, 0.4) is 0 Å². The summed E-state index contributed by atoms with van der Waals surface area (Å²) < 4.78 is 11.0. The fraction of sp³-hybridized carbons (Fsp3) is 1.00. The molecule has 3 nitrogen and oxygen atoms in total. The Morgan fingerprint density at radius 3 is 2.40 bits per heavy atom. The van der Waals surface area contributed by atoms with Gasteiger partial charge in [0.25, 0.3) is 0 Å². The predicted octanol–water partition coefficient (Wildman–Crippen LogP) is -0.745. The quantitative estimate of drug-likeness (QED) is 0.582. The molecule has 1 atom stereocenters. The van der Waals surface area contributed by atoms with Crippen LogP contribution in [-0.4, -0.2) is 47.8 Å². The van der Waals surface area contributed by atoms with E-state index in [1.165, 1.54) is 0 Å². The first-order valence-electron chi connectivity index (χ1n) is 3.36. The molecule has 10 heavy (non-hydrogen) atoms. The summed E-state index contributed by atoms with van der Waals surface area (Å²) in [5.41, 5.74) is 5.23. The summed E-state index contributed by atoms with van der Waals surface area (Å²) in [5.74, 6) is 1.37. The van der Waals surface area contributed by atoms with Crippen molar-refractivity contribution in [2.45, 2.75) is 0 Å². The molecule has 0 aliphatic carbocycles. The van der Waals surface area contributed by atoms with Crippen LogP contribution in [0.4, 0.5) is 0 Å². The summed E-state index contributed by atoms with van der Waals surface area (Å²) in [5, 5.41) is 0. The van der Waals surface area contributed by atoms with E-state index in [9.17, 15) is 4.21 Å². The van der Waals surface area contributed by atoms with Gasteiger partial charge in [0.1, 0.15) is 0 Å². The van der Waals surface area contributed by atoms with Gasteiger partial charge in [0.2, 0.25) is 0 Å². The van der Waals surface area contributed by atoms with Crippen LogP contribution < -0.4 is 5.73 Å². The van der Waals surface area contributed by atoms with Crippen LogP contribution in [0.2, 0.25) is 0 Å². The molecule has 0 aromatic heterocycles. The molecular formula is C6H16N2OS. The Morgan fingerprint density at radius 1 is 1.40 bits per heavy atom. The molecule has 0 heterocycles. The molecule has 0 spiro atoms. The van der Waals surface area contributed by atoms with Crippen molar-refractivity contribution in [1.29, 1.82) is 0 Å². The zero-order valence-electron chi connectivity index (χ0n) is 6.67. The number of nitrogens with zero attached hydrogens (tertiary/aromatic N) is 1. The van der Waals surface area contributed by atoms with Gasteiger partial charge in [-0.1, -0.05) is 0 Å². The molecule has 0 aromatic carbocycles. The predicted molar refractivity (Wildman–Crippen MR) is 45.5 cm³/mol. The van der Waals surface area contributed by atoms with E-state index >= 15 is 0 Å². The Kier molecular flexibility index (Phi) is 5.87. The molecule has 2 N–H and O–H groups in total. The van der Waals surface area contributed by atoms with Crippen molar-refractivity contribution in [2.75, 3.05) is 38.7 Å². The molecule has 0 bridgehead atoms. The zero-order valence-corrected chi connectivity index (χ0v) is 7.49. The molecule has 4 heteroatoms. The lowest BCUT2D eigenvalue weighted by atomic mass is 10.7. The summed E-state index contributed by atoms with van der Waals surface area (Å²) in [6.07, 6.45) is 0. The van der Waals surface area contributed by atoms with Crippen molar-refractivity contribution in [3.8, 4) is 0 Å². The minimum Gasteiger partial charge on any atom is -0.330 e. The van der Waals surface area contributed by atoms with Crippen LogP contribution in [0.1, 0.15) is 0 Å². The normalized spacial score (nSPS) is 14.0. The molecule has 0 aliphatic rings. The fourth-order valence-electron chi connectivity index (χ4n) is 0.518. The van der Waals surface area contributed by atoms with Gasteiger partial charge < -0.3 is 10.6 Å². The van der Waals surface area contributed by atoms with E-state index in [0.717, 1.165) is 12.3 Å². The average Bonchev–Trinajstić information content (AvgIpc) is 1.85. The molecule has 0 fully saturated rings. The van der Waals surface area contributed by atoms with Gasteiger partial charge in [-0.3, -0.25) is 4.21 Å². The van der Waals surface area contributed by atoms with Gasteiger partial charge in [-0.25, -0.2) is 0 Å². The molecule has 0 saturated carbocycles. The zero-order chi connectivity index (χ0) is 7.98. The first-order valence-corrected chi connectivity index (χ1v) is 4.85. The topological polar surface area (TPSA) is 46.3 Å². The van der Waals surface area contributed by atoms with Crippen molar-refractivity contribution >= 4 is 10.8 Å². The van der Waals surface area contributed by atoms with Crippen LogP contribution >= 0.6 is 0 Å². The van der Waals surface area contributed by atoms with Gasteiger partial charge in [0.15, 0.2) is 0 Å². The van der Waals surface area contributed by atoms with Crippen molar-refractivity contribution in [3.05, 3.63) is 0 Å². The molecule has 0 aliphatic heterocycles. The van der Waals surface area contributed by atoms with Crippen LogP contribution in [0, 0.1) is 0 Å². The van der Waals surface area contributed by atoms with Gasteiger partial charge in [0, 0.05) is 35.4 Å². The maximum Gasteiger partial charge on any atom is 0.0362 e. The number of hydrogen-bond acceptors (Lipinski definition) is 3. The van der Waals surface area contributed by atoms with Crippen LogP contribution in [0.15, 0.2) is 0 Å². The SMILES string of the molecule is CN(C)CCS(=O)CCN. The van der Waals surface area contributed by atoms with Gasteiger partial charge in [0.05, 0.1) is 0 Å². The monoisotopic (exact) mass is 164 g/mol. The van der Waals surface area contributed by atoms with E-state index in [1.807, 2.05) is 19.0 Å². The Hall–Kier alpha value is 0.0700. The molecule has 0 rings (SSSR count). The lowest BCUT2D eigenvalue weighted by Crippen LogP contribution is -2.22. The smallest absolute Gasteiger partial charge is 0.0362 e. The lowest BCUT2D eigenvalue weighted by molar-refractivity contribution is 0.435. The third kappa shape index (κ3) is 6.19. The van der Waals surface area contributed by atoms with Gasteiger partial charge in [-0.05, 0) is 14.1 Å².